The molecule has 0 bridgehead atoms. The molecule has 3 rings (SSSR count). The minimum absolute atomic E-state index is 0.0346. The Balaban J connectivity index is 1.78. The van der Waals surface area contributed by atoms with E-state index in [0.29, 0.717) is 13.2 Å². The molecule has 1 heterocycles. The standard InChI is InChI=1S/C17H19NO2/c1-12-3-2-4-13(9-12)10-15(18)14-5-6-16-17(11-14)20-8-7-19-16/h2-6,9,11,15H,7-8,10,18H2,1H3. The summed E-state index contributed by atoms with van der Waals surface area (Å²) >= 11 is 0. The highest BCUT2D eigenvalue weighted by Gasteiger charge is 2.15. The van der Waals surface area contributed by atoms with Crippen molar-refractivity contribution in [1.82, 2.24) is 0 Å². The van der Waals surface area contributed by atoms with Gasteiger partial charge in [0.25, 0.3) is 0 Å². The fourth-order valence-electron chi connectivity index (χ4n) is 2.50. The van der Waals surface area contributed by atoms with Crippen molar-refractivity contribution in [2.45, 2.75) is 19.4 Å². The van der Waals surface area contributed by atoms with Gasteiger partial charge in [0.15, 0.2) is 11.5 Å². The number of aryl methyl sites for hydroxylation is 1. The van der Waals surface area contributed by atoms with E-state index in [2.05, 4.69) is 31.2 Å². The molecule has 2 N–H and O–H groups in total. The van der Waals surface area contributed by atoms with Gasteiger partial charge < -0.3 is 15.2 Å². The largest absolute Gasteiger partial charge is 0.486 e. The van der Waals surface area contributed by atoms with Gasteiger partial charge in [-0.3, -0.25) is 0 Å². The van der Waals surface area contributed by atoms with Crippen LogP contribution in [0.25, 0.3) is 0 Å². The van der Waals surface area contributed by atoms with E-state index in [0.717, 1.165) is 23.5 Å². The molecular weight excluding hydrogens is 250 g/mol. The average molecular weight is 269 g/mol. The summed E-state index contributed by atoms with van der Waals surface area (Å²) in [7, 11) is 0. The minimum Gasteiger partial charge on any atom is -0.486 e. The van der Waals surface area contributed by atoms with Crippen molar-refractivity contribution in [1.29, 1.82) is 0 Å². The summed E-state index contributed by atoms with van der Waals surface area (Å²) in [5.41, 5.74) is 9.91. The predicted molar refractivity (Wildman–Crippen MR) is 79.2 cm³/mol. The van der Waals surface area contributed by atoms with E-state index < -0.39 is 0 Å². The van der Waals surface area contributed by atoms with Crippen molar-refractivity contribution >= 4 is 0 Å². The SMILES string of the molecule is Cc1cccc(CC(N)c2ccc3c(c2)OCCO3)c1. The van der Waals surface area contributed by atoms with E-state index in [9.17, 15) is 0 Å². The fraction of sp³-hybridized carbons (Fsp3) is 0.294. The highest BCUT2D eigenvalue weighted by atomic mass is 16.6. The maximum absolute atomic E-state index is 6.31. The first-order valence-electron chi connectivity index (χ1n) is 6.93. The van der Waals surface area contributed by atoms with Crippen molar-refractivity contribution in [2.24, 2.45) is 5.73 Å². The number of hydrogen-bond acceptors (Lipinski definition) is 3. The summed E-state index contributed by atoms with van der Waals surface area (Å²) in [6.45, 7) is 3.31. The van der Waals surface area contributed by atoms with Gasteiger partial charge >= 0.3 is 0 Å². The number of nitrogens with two attached hydrogens (primary N) is 1. The Labute approximate surface area is 119 Å². The molecule has 0 fully saturated rings. The van der Waals surface area contributed by atoms with Crippen LogP contribution < -0.4 is 15.2 Å². The molecule has 1 aliphatic rings. The molecular formula is C17H19NO2. The third kappa shape index (κ3) is 2.78. The van der Waals surface area contributed by atoms with Gasteiger partial charge in [-0.05, 0) is 36.6 Å². The Bertz CT molecular complexity index is 610. The first-order chi connectivity index (χ1) is 9.72. The van der Waals surface area contributed by atoms with Crippen LogP contribution in [-0.4, -0.2) is 13.2 Å². The van der Waals surface area contributed by atoms with Gasteiger partial charge in [-0.1, -0.05) is 35.9 Å². The van der Waals surface area contributed by atoms with Crippen molar-refractivity contribution in [2.75, 3.05) is 13.2 Å². The van der Waals surface area contributed by atoms with Crippen molar-refractivity contribution in [3.63, 3.8) is 0 Å². The van der Waals surface area contributed by atoms with E-state index in [4.69, 9.17) is 15.2 Å². The molecule has 20 heavy (non-hydrogen) atoms. The Morgan fingerprint density at radius 2 is 1.85 bits per heavy atom. The molecule has 0 spiro atoms. The molecule has 2 aromatic carbocycles. The van der Waals surface area contributed by atoms with Crippen LogP contribution >= 0.6 is 0 Å². The zero-order valence-electron chi connectivity index (χ0n) is 11.6. The highest BCUT2D eigenvalue weighted by Crippen LogP contribution is 2.32. The highest BCUT2D eigenvalue weighted by molar-refractivity contribution is 5.45. The van der Waals surface area contributed by atoms with Crippen LogP contribution in [0, 0.1) is 6.92 Å². The van der Waals surface area contributed by atoms with E-state index in [1.807, 2.05) is 18.2 Å². The van der Waals surface area contributed by atoms with Gasteiger partial charge in [-0.2, -0.15) is 0 Å². The zero-order chi connectivity index (χ0) is 13.9. The fourth-order valence-corrected chi connectivity index (χ4v) is 2.50. The summed E-state index contributed by atoms with van der Waals surface area (Å²) in [6, 6.07) is 14.4. The normalized spacial score (nSPS) is 14.9. The van der Waals surface area contributed by atoms with Gasteiger partial charge in [-0.25, -0.2) is 0 Å². The smallest absolute Gasteiger partial charge is 0.161 e. The molecule has 0 aliphatic carbocycles. The van der Waals surface area contributed by atoms with Crippen LogP contribution in [0.1, 0.15) is 22.7 Å². The number of rotatable bonds is 3. The molecule has 3 heteroatoms. The molecule has 3 nitrogen and oxygen atoms in total. The molecule has 104 valence electrons. The third-order valence-electron chi connectivity index (χ3n) is 3.53. The Morgan fingerprint density at radius 1 is 1.05 bits per heavy atom. The second-order valence-corrected chi connectivity index (χ2v) is 5.20. The zero-order valence-corrected chi connectivity index (χ0v) is 11.6. The van der Waals surface area contributed by atoms with E-state index in [-0.39, 0.29) is 6.04 Å². The lowest BCUT2D eigenvalue weighted by molar-refractivity contribution is 0.171. The topological polar surface area (TPSA) is 44.5 Å². The molecule has 0 amide bonds. The number of fused-ring (bicyclic) bond motifs is 1. The average Bonchev–Trinajstić information content (AvgIpc) is 2.47. The molecule has 0 saturated carbocycles. The van der Waals surface area contributed by atoms with E-state index in [1.165, 1.54) is 11.1 Å². The Morgan fingerprint density at radius 3 is 2.65 bits per heavy atom. The first-order valence-corrected chi connectivity index (χ1v) is 6.93. The summed E-state index contributed by atoms with van der Waals surface area (Å²) in [5, 5.41) is 0. The van der Waals surface area contributed by atoms with Crippen molar-refractivity contribution in [3.05, 3.63) is 59.2 Å². The first kappa shape index (κ1) is 13.0. The molecule has 1 unspecified atom stereocenters. The summed E-state index contributed by atoms with van der Waals surface area (Å²) in [5.74, 6) is 1.61. The molecule has 0 radical (unpaired) electrons. The number of hydrogen-bond donors (Lipinski definition) is 1. The maximum Gasteiger partial charge on any atom is 0.161 e. The summed E-state index contributed by atoms with van der Waals surface area (Å²) < 4.78 is 11.1. The minimum atomic E-state index is -0.0346. The van der Waals surface area contributed by atoms with E-state index >= 15 is 0 Å². The lowest BCUT2D eigenvalue weighted by Gasteiger charge is -2.20. The van der Waals surface area contributed by atoms with Crippen LogP contribution in [0.5, 0.6) is 11.5 Å². The predicted octanol–water partition coefficient (Wildman–Crippen LogP) is 3.01. The lowest BCUT2D eigenvalue weighted by atomic mass is 9.98. The third-order valence-corrected chi connectivity index (χ3v) is 3.53. The molecule has 1 atom stereocenters. The second-order valence-electron chi connectivity index (χ2n) is 5.20. The van der Waals surface area contributed by atoms with Crippen molar-refractivity contribution in [3.8, 4) is 11.5 Å². The van der Waals surface area contributed by atoms with Gasteiger partial charge in [0, 0.05) is 6.04 Å². The van der Waals surface area contributed by atoms with Gasteiger partial charge in [0.1, 0.15) is 13.2 Å². The molecule has 1 aliphatic heterocycles. The van der Waals surface area contributed by atoms with Gasteiger partial charge in [-0.15, -0.1) is 0 Å². The monoisotopic (exact) mass is 269 g/mol. The van der Waals surface area contributed by atoms with Crippen LogP contribution in [0.15, 0.2) is 42.5 Å². The summed E-state index contributed by atoms with van der Waals surface area (Å²) in [4.78, 5) is 0. The Kier molecular flexibility index (Phi) is 3.61. The molecule has 0 saturated heterocycles. The Hall–Kier alpha value is -2.00. The van der Waals surface area contributed by atoms with Crippen LogP contribution in [0.4, 0.5) is 0 Å². The van der Waals surface area contributed by atoms with Crippen LogP contribution in [-0.2, 0) is 6.42 Å². The van der Waals surface area contributed by atoms with Crippen molar-refractivity contribution < 1.29 is 9.47 Å². The number of benzene rings is 2. The molecule has 2 aromatic rings. The van der Waals surface area contributed by atoms with Gasteiger partial charge in [0.05, 0.1) is 0 Å². The maximum atomic E-state index is 6.31. The van der Waals surface area contributed by atoms with Gasteiger partial charge in [0.2, 0.25) is 0 Å². The van der Waals surface area contributed by atoms with E-state index in [1.54, 1.807) is 0 Å². The van der Waals surface area contributed by atoms with Crippen LogP contribution in [0.3, 0.4) is 0 Å². The number of ether oxygens (including phenoxy) is 2. The second kappa shape index (κ2) is 5.55. The quantitative estimate of drug-likeness (QED) is 0.931. The van der Waals surface area contributed by atoms with Crippen LogP contribution in [0.2, 0.25) is 0 Å². The molecule has 0 aromatic heterocycles. The lowest BCUT2D eigenvalue weighted by Crippen LogP contribution is -2.17. The summed E-state index contributed by atoms with van der Waals surface area (Å²) in [6.07, 6.45) is 0.821.